The quantitative estimate of drug-likeness (QED) is 0.722. The molecule has 0 saturated heterocycles. The van der Waals surface area contributed by atoms with Gasteiger partial charge in [-0.3, -0.25) is 4.79 Å². The Bertz CT molecular complexity index is 624. The molecule has 0 atom stereocenters. The molecule has 0 saturated carbocycles. The van der Waals surface area contributed by atoms with Crippen LogP contribution >= 0.6 is 11.6 Å². The van der Waals surface area contributed by atoms with E-state index in [4.69, 9.17) is 20.8 Å². The SMILES string of the molecule is CCCOc1ccccc1CN(C)C(=O)c1ccc(CCl)o1. The van der Waals surface area contributed by atoms with Gasteiger partial charge in [-0.2, -0.15) is 0 Å². The van der Waals surface area contributed by atoms with Crippen LogP contribution in [-0.2, 0) is 12.4 Å². The van der Waals surface area contributed by atoms with Gasteiger partial charge in [-0.05, 0) is 24.6 Å². The van der Waals surface area contributed by atoms with Crippen molar-refractivity contribution in [3.05, 3.63) is 53.5 Å². The molecule has 0 fully saturated rings. The maximum absolute atomic E-state index is 12.4. The van der Waals surface area contributed by atoms with Crippen LogP contribution in [0.5, 0.6) is 5.75 Å². The Hall–Kier alpha value is -1.94. The Balaban J connectivity index is 2.07. The lowest BCUT2D eigenvalue weighted by Gasteiger charge is -2.18. The van der Waals surface area contributed by atoms with Crippen molar-refractivity contribution < 1.29 is 13.9 Å². The van der Waals surface area contributed by atoms with Crippen molar-refractivity contribution >= 4 is 17.5 Å². The Morgan fingerprint density at radius 1 is 1.27 bits per heavy atom. The molecule has 0 bridgehead atoms. The third-order valence-electron chi connectivity index (χ3n) is 3.19. The smallest absolute Gasteiger partial charge is 0.289 e. The molecule has 2 rings (SSSR count). The van der Waals surface area contributed by atoms with Crippen molar-refractivity contribution in [3.8, 4) is 5.75 Å². The van der Waals surface area contributed by atoms with Gasteiger partial charge in [0.05, 0.1) is 12.5 Å². The van der Waals surface area contributed by atoms with Crippen molar-refractivity contribution in [3.63, 3.8) is 0 Å². The number of carbonyl (C=O) groups excluding carboxylic acids is 1. The van der Waals surface area contributed by atoms with Crippen molar-refractivity contribution in [2.75, 3.05) is 13.7 Å². The fraction of sp³-hybridized carbons (Fsp3) is 0.353. The second-order valence-electron chi connectivity index (χ2n) is 5.02. The number of ether oxygens (including phenoxy) is 1. The first-order chi connectivity index (χ1) is 10.7. The molecule has 0 unspecified atom stereocenters. The summed E-state index contributed by atoms with van der Waals surface area (Å²) in [4.78, 5) is 14.0. The standard InChI is InChI=1S/C17H20ClNO3/c1-3-10-21-15-7-5-4-6-13(15)12-19(2)17(20)16-9-8-14(11-18)22-16/h4-9H,3,10-12H2,1-2H3. The van der Waals surface area contributed by atoms with Crippen molar-refractivity contribution in [2.24, 2.45) is 0 Å². The van der Waals surface area contributed by atoms with E-state index in [0.717, 1.165) is 17.7 Å². The van der Waals surface area contributed by atoms with E-state index in [0.29, 0.717) is 24.7 Å². The van der Waals surface area contributed by atoms with Gasteiger partial charge in [-0.15, -0.1) is 11.6 Å². The van der Waals surface area contributed by atoms with E-state index in [1.165, 1.54) is 0 Å². The van der Waals surface area contributed by atoms with Crippen LogP contribution in [0, 0.1) is 0 Å². The summed E-state index contributed by atoms with van der Waals surface area (Å²) >= 11 is 5.69. The number of alkyl halides is 1. The number of benzene rings is 1. The summed E-state index contributed by atoms with van der Waals surface area (Å²) in [5.74, 6) is 1.77. The van der Waals surface area contributed by atoms with Crippen LogP contribution in [-0.4, -0.2) is 24.5 Å². The maximum atomic E-state index is 12.4. The normalized spacial score (nSPS) is 10.5. The molecule has 0 spiro atoms. The first kappa shape index (κ1) is 16.4. The van der Waals surface area contributed by atoms with Gasteiger partial charge in [0.15, 0.2) is 5.76 Å². The lowest BCUT2D eigenvalue weighted by Crippen LogP contribution is -2.26. The van der Waals surface area contributed by atoms with Gasteiger partial charge in [0, 0.05) is 19.2 Å². The predicted octanol–water partition coefficient (Wildman–Crippen LogP) is 4.08. The van der Waals surface area contributed by atoms with Crippen LogP contribution in [0.15, 0.2) is 40.8 Å². The number of rotatable bonds is 7. The molecule has 5 heteroatoms. The molecule has 0 aliphatic heterocycles. The molecule has 1 amide bonds. The maximum Gasteiger partial charge on any atom is 0.289 e. The number of amides is 1. The third kappa shape index (κ3) is 4.04. The van der Waals surface area contributed by atoms with Gasteiger partial charge in [-0.25, -0.2) is 0 Å². The number of carbonyl (C=O) groups is 1. The molecule has 22 heavy (non-hydrogen) atoms. The Morgan fingerprint density at radius 2 is 2.05 bits per heavy atom. The average molecular weight is 322 g/mol. The highest BCUT2D eigenvalue weighted by atomic mass is 35.5. The summed E-state index contributed by atoms with van der Waals surface area (Å²) in [5.41, 5.74) is 0.968. The molecule has 1 heterocycles. The largest absolute Gasteiger partial charge is 0.493 e. The number of halogens is 1. The zero-order valence-corrected chi connectivity index (χ0v) is 13.6. The Labute approximate surface area is 135 Å². The van der Waals surface area contributed by atoms with Gasteiger partial charge in [0.25, 0.3) is 5.91 Å². The number of para-hydroxylation sites is 1. The first-order valence-corrected chi connectivity index (χ1v) is 7.80. The van der Waals surface area contributed by atoms with E-state index in [1.54, 1.807) is 24.1 Å². The van der Waals surface area contributed by atoms with Crippen molar-refractivity contribution in [2.45, 2.75) is 25.8 Å². The van der Waals surface area contributed by atoms with Crippen molar-refractivity contribution in [1.82, 2.24) is 4.90 Å². The minimum absolute atomic E-state index is 0.179. The molecule has 0 aliphatic rings. The van der Waals surface area contributed by atoms with E-state index < -0.39 is 0 Å². The zero-order chi connectivity index (χ0) is 15.9. The van der Waals surface area contributed by atoms with Crippen LogP contribution < -0.4 is 4.74 Å². The van der Waals surface area contributed by atoms with Gasteiger partial charge < -0.3 is 14.1 Å². The minimum atomic E-state index is -0.179. The topological polar surface area (TPSA) is 42.7 Å². The summed E-state index contributed by atoms with van der Waals surface area (Å²) in [6.07, 6.45) is 0.941. The monoisotopic (exact) mass is 321 g/mol. The molecule has 1 aromatic heterocycles. The number of furan rings is 1. The van der Waals surface area contributed by atoms with Crippen LogP contribution in [0.2, 0.25) is 0 Å². The number of nitrogens with zero attached hydrogens (tertiary/aromatic N) is 1. The van der Waals surface area contributed by atoms with E-state index in [1.807, 2.05) is 24.3 Å². The second-order valence-corrected chi connectivity index (χ2v) is 5.28. The number of hydrogen-bond donors (Lipinski definition) is 0. The van der Waals surface area contributed by atoms with Gasteiger partial charge in [0.2, 0.25) is 0 Å². The molecular formula is C17H20ClNO3. The average Bonchev–Trinajstić information content (AvgIpc) is 3.02. The molecule has 118 valence electrons. The van der Waals surface area contributed by atoms with Gasteiger partial charge >= 0.3 is 0 Å². The third-order valence-corrected chi connectivity index (χ3v) is 3.46. The molecule has 1 aromatic carbocycles. The zero-order valence-electron chi connectivity index (χ0n) is 12.8. The van der Waals surface area contributed by atoms with E-state index in [9.17, 15) is 4.79 Å². The lowest BCUT2D eigenvalue weighted by atomic mass is 10.2. The minimum Gasteiger partial charge on any atom is -0.493 e. The summed E-state index contributed by atoms with van der Waals surface area (Å²) in [6.45, 7) is 3.17. The highest BCUT2D eigenvalue weighted by Gasteiger charge is 2.17. The van der Waals surface area contributed by atoms with E-state index in [-0.39, 0.29) is 11.8 Å². The van der Waals surface area contributed by atoms with Crippen LogP contribution in [0.3, 0.4) is 0 Å². The second kappa shape index (κ2) is 7.90. The lowest BCUT2D eigenvalue weighted by molar-refractivity contribution is 0.0750. The molecule has 0 radical (unpaired) electrons. The van der Waals surface area contributed by atoms with Crippen molar-refractivity contribution in [1.29, 1.82) is 0 Å². The van der Waals surface area contributed by atoms with Gasteiger partial charge in [0.1, 0.15) is 11.5 Å². The molecule has 2 aromatic rings. The fourth-order valence-electron chi connectivity index (χ4n) is 2.07. The van der Waals surface area contributed by atoms with Crippen LogP contribution in [0.25, 0.3) is 0 Å². The van der Waals surface area contributed by atoms with Gasteiger partial charge in [-0.1, -0.05) is 25.1 Å². The Morgan fingerprint density at radius 3 is 2.73 bits per heavy atom. The molecule has 0 aliphatic carbocycles. The fourth-order valence-corrected chi connectivity index (χ4v) is 2.21. The predicted molar refractivity (Wildman–Crippen MR) is 86.3 cm³/mol. The molecular weight excluding hydrogens is 302 g/mol. The summed E-state index contributed by atoms with van der Waals surface area (Å²) < 4.78 is 11.1. The summed E-state index contributed by atoms with van der Waals surface area (Å²) in [5, 5.41) is 0. The van der Waals surface area contributed by atoms with Crippen LogP contribution in [0.4, 0.5) is 0 Å². The summed E-state index contributed by atoms with van der Waals surface area (Å²) in [7, 11) is 1.74. The Kier molecular flexibility index (Phi) is 5.90. The highest BCUT2D eigenvalue weighted by Crippen LogP contribution is 2.21. The number of hydrogen-bond acceptors (Lipinski definition) is 3. The summed E-state index contributed by atoms with van der Waals surface area (Å²) in [6, 6.07) is 11.1. The first-order valence-electron chi connectivity index (χ1n) is 7.26. The molecule has 0 N–H and O–H groups in total. The van der Waals surface area contributed by atoms with E-state index in [2.05, 4.69) is 6.92 Å². The highest BCUT2D eigenvalue weighted by molar-refractivity contribution is 6.16. The molecule has 4 nitrogen and oxygen atoms in total. The van der Waals surface area contributed by atoms with E-state index >= 15 is 0 Å². The van der Waals surface area contributed by atoms with Crippen LogP contribution in [0.1, 0.15) is 35.2 Å².